The number of aryl methyl sites for hydroxylation is 1. The van der Waals surface area contributed by atoms with Gasteiger partial charge in [-0.25, -0.2) is 13.5 Å². The zero-order valence-corrected chi connectivity index (χ0v) is 25.1. The highest BCUT2D eigenvalue weighted by atomic mass is 32.2. The lowest BCUT2D eigenvalue weighted by Crippen LogP contribution is -2.42. The largest absolute Gasteiger partial charge is 0.350 e. The molecule has 1 N–H and O–H groups in total. The Hall–Kier alpha value is -4.76. The average molecular weight is 609 g/mol. The standard InChI is InChI=1S/C35H30F2N4O2S/c1-22-7-6-10-29(23(22)2)41-35-32(33(39-41)25-8-4-3-5-9-25)34(26-13-17-28(37)18-14-26)44-21-31(43)40(35)20-30(42)38-19-24-11-15-27(36)16-12-24/h3-18,34H,19-21H2,1-2H3,(H,38,42)/t34-/m0/s1. The number of rotatable bonds is 7. The first-order valence-corrected chi connectivity index (χ1v) is 15.3. The molecule has 5 aromatic rings. The fourth-order valence-electron chi connectivity index (χ4n) is 5.36. The number of thioether (sulfide) groups is 1. The third-order valence-corrected chi connectivity index (χ3v) is 9.07. The Morgan fingerprint density at radius 1 is 0.909 bits per heavy atom. The monoisotopic (exact) mass is 608 g/mol. The number of hydrogen-bond donors (Lipinski definition) is 1. The molecule has 4 aromatic carbocycles. The van der Waals surface area contributed by atoms with E-state index in [-0.39, 0.29) is 47.5 Å². The second-order valence-corrected chi connectivity index (χ2v) is 11.8. The van der Waals surface area contributed by atoms with E-state index in [0.29, 0.717) is 11.5 Å². The molecule has 6 rings (SSSR count). The lowest BCUT2D eigenvalue weighted by atomic mass is 9.99. The van der Waals surface area contributed by atoms with Gasteiger partial charge in [0.15, 0.2) is 0 Å². The van der Waals surface area contributed by atoms with Crippen molar-refractivity contribution in [1.29, 1.82) is 0 Å². The fraction of sp³-hybridized carbons (Fsp3) is 0.171. The molecule has 0 aliphatic carbocycles. The number of halogens is 2. The van der Waals surface area contributed by atoms with Crippen LogP contribution in [0.15, 0.2) is 97.1 Å². The van der Waals surface area contributed by atoms with Crippen LogP contribution in [0, 0.1) is 25.5 Å². The maximum absolute atomic E-state index is 14.0. The Morgan fingerprint density at radius 3 is 2.30 bits per heavy atom. The summed E-state index contributed by atoms with van der Waals surface area (Å²) >= 11 is 1.43. The van der Waals surface area contributed by atoms with Gasteiger partial charge in [0.1, 0.15) is 24.0 Å². The van der Waals surface area contributed by atoms with E-state index in [2.05, 4.69) is 5.32 Å². The molecule has 0 spiro atoms. The molecule has 1 aliphatic heterocycles. The zero-order valence-electron chi connectivity index (χ0n) is 24.3. The number of carbonyl (C=O) groups is 2. The topological polar surface area (TPSA) is 67.2 Å². The highest BCUT2D eigenvalue weighted by Crippen LogP contribution is 2.48. The second kappa shape index (κ2) is 12.5. The van der Waals surface area contributed by atoms with E-state index >= 15 is 0 Å². The summed E-state index contributed by atoms with van der Waals surface area (Å²) in [4.78, 5) is 28.8. The first kappa shape index (κ1) is 29.3. The summed E-state index contributed by atoms with van der Waals surface area (Å²) in [7, 11) is 0. The van der Waals surface area contributed by atoms with Crippen LogP contribution in [0.5, 0.6) is 0 Å². The molecule has 2 amide bonds. The minimum absolute atomic E-state index is 0.100. The van der Waals surface area contributed by atoms with Gasteiger partial charge in [0.2, 0.25) is 11.8 Å². The maximum Gasteiger partial charge on any atom is 0.240 e. The minimum atomic E-state index is -0.367. The molecule has 6 nitrogen and oxygen atoms in total. The summed E-state index contributed by atoms with van der Waals surface area (Å²) in [6.45, 7) is 3.97. The van der Waals surface area contributed by atoms with Crippen LogP contribution >= 0.6 is 11.8 Å². The molecule has 0 unspecified atom stereocenters. The smallest absolute Gasteiger partial charge is 0.240 e. The third-order valence-electron chi connectivity index (χ3n) is 7.82. The van der Waals surface area contributed by atoms with Gasteiger partial charge in [-0.05, 0) is 66.4 Å². The molecule has 2 heterocycles. The Labute approximate surface area is 258 Å². The number of benzene rings is 4. The van der Waals surface area contributed by atoms with Crippen LogP contribution in [0.4, 0.5) is 14.6 Å². The van der Waals surface area contributed by atoms with E-state index in [0.717, 1.165) is 39.1 Å². The highest BCUT2D eigenvalue weighted by Gasteiger charge is 2.38. The number of aromatic nitrogens is 2. The van der Waals surface area contributed by atoms with Crippen molar-refractivity contribution in [3.8, 4) is 16.9 Å². The lowest BCUT2D eigenvalue weighted by Gasteiger charge is -2.24. The van der Waals surface area contributed by atoms with Crippen molar-refractivity contribution in [3.05, 3.63) is 137 Å². The Morgan fingerprint density at radius 2 is 1.59 bits per heavy atom. The summed E-state index contributed by atoms with van der Waals surface area (Å²) in [5, 5.41) is 7.64. The number of fused-ring (bicyclic) bond motifs is 1. The molecule has 9 heteroatoms. The summed E-state index contributed by atoms with van der Waals surface area (Å²) in [6, 6.07) is 27.8. The maximum atomic E-state index is 14.0. The average Bonchev–Trinajstić information content (AvgIpc) is 3.35. The predicted molar refractivity (Wildman–Crippen MR) is 170 cm³/mol. The molecule has 0 radical (unpaired) electrons. The molecule has 1 aliphatic rings. The number of carbonyl (C=O) groups excluding carboxylic acids is 2. The van der Waals surface area contributed by atoms with E-state index < -0.39 is 0 Å². The van der Waals surface area contributed by atoms with Crippen LogP contribution in [0.25, 0.3) is 16.9 Å². The number of nitrogens with zero attached hydrogens (tertiary/aromatic N) is 3. The summed E-state index contributed by atoms with van der Waals surface area (Å²) < 4.78 is 29.2. The SMILES string of the molecule is Cc1cccc(-n2nc(-c3ccccc3)c3c2N(CC(=O)NCc2ccc(F)cc2)C(=O)CS[C@H]3c2ccc(F)cc2)c1C. The molecular formula is C35H30F2N4O2S. The molecule has 0 saturated heterocycles. The quantitative estimate of drug-likeness (QED) is 0.218. The van der Waals surface area contributed by atoms with Crippen molar-refractivity contribution in [2.75, 3.05) is 17.2 Å². The van der Waals surface area contributed by atoms with Gasteiger partial charge >= 0.3 is 0 Å². The van der Waals surface area contributed by atoms with E-state index in [1.807, 2.05) is 62.4 Å². The van der Waals surface area contributed by atoms with Crippen LogP contribution in [0.1, 0.15) is 33.1 Å². The van der Waals surface area contributed by atoms with Crippen molar-refractivity contribution in [1.82, 2.24) is 15.1 Å². The van der Waals surface area contributed by atoms with Crippen molar-refractivity contribution < 1.29 is 18.4 Å². The molecule has 1 atom stereocenters. The van der Waals surface area contributed by atoms with Crippen LogP contribution in [0.3, 0.4) is 0 Å². The molecule has 44 heavy (non-hydrogen) atoms. The molecule has 0 saturated carbocycles. The Balaban J connectivity index is 1.52. The zero-order chi connectivity index (χ0) is 30.8. The first-order valence-electron chi connectivity index (χ1n) is 14.2. The van der Waals surface area contributed by atoms with Gasteiger partial charge in [-0.3, -0.25) is 14.5 Å². The Kier molecular flexibility index (Phi) is 8.30. The van der Waals surface area contributed by atoms with Gasteiger partial charge in [-0.2, -0.15) is 5.10 Å². The summed E-state index contributed by atoms with van der Waals surface area (Å²) in [6.07, 6.45) is 0. The van der Waals surface area contributed by atoms with Crippen LogP contribution in [0.2, 0.25) is 0 Å². The van der Waals surface area contributed by atoms with E-state index in [1.54, 1.807) is 28.9 Å². The van der Waals surface area contributed by atoms with Crippen LogP contribution in [-0.4, -0.2) is 33.9 Å². The third kappa shape index (κ3) is 5.88. The van der Waals surface area contributed by atoms with E-state index in [9.17, 15) is 18.4 Å². The summed E-state index contributed by atoms with van der Waals surface area (Å²) in [5.74, 6) is -0.720. The van der Waals surface area contributed by atoms with E-state index in [4.69, 9.17) is 5.10 Å². The van der Waals surface area contributed by atoms with Gasteiger partial charge in [0.25, 0.3) is 0 Å². The highest BCUT2D eigenvalue weighted by molar-refractivity contribution is 8.00. The number of anilines is 1. The second-order valence-electron chi connectivity index (χ2n) is 10.7. The van der Waals surface area contributed by atoms with Crippen molar-refractivity contribution >= 4 is 29.4 Å². The molecule has 0 bridgehead atoms. The molecule has 0 fully saturated rings. The van der Waals surface area contributed by atoms with Crippen LogP contribution < -0.4 is 10.2 Å². The van der Waals surface area contributed by atoms with Gasteiger partial charge in [0.05, 0.1) is 22.4 Å². The van der Waals surface area contributed by atoms with Gasteiger partial charge in [-0.15, -0.1) is 11.8 Å². The lowest BCUT2D eigenvalue weighted by molar-refractivity contribution is -0.123. The van der Waals surface area contributed by atoms with Crippen molar-refractivity contribution in [3.63, 3.8) is 0 Å². The van der Waals surface area contributed by atoms with Crippen molar-refractivity contribution in [2.45, 2.75) is 25.6 Å². The summed E-state index contributed by atoms with van der Waals surface area (Å²) in [5.41, 5.74) is 6.70. The molecular weight excluding hydrogens is 578 g/mol. The van der Waals surface area contributed by atoms with Gasteiger partial charge in [-0.1, -0.05) is 66.7 Å². The van der Waals surface area contributed by atoms with Crippen molar-refractivity contribution in [2.24, 2.45) is 0 Å². The minimum Gasteiger partial charge on any atom is -0.350 e. The predicted octanol–water partition coefficient (Wildman–Crippen LogP) is 6.92. The fourth-order valence-corrected chi connectivity index (χ4v) is 6.56. The molecule has 222 valence electrons. The molecule has 1 aromatic heterocycles. The number of hydrogen-bond acceptors (Lipinski definition) is 4. The normalized spacial score (nSPS) is 14.7. The number of amides is 2. The first-order chi connectivity index (χ1) is 21.3. The number of nitrogens with one attached hydrogen (secondary N) is 1. The van der Waals surface area contributed by atoms with Gasteiger partial charge in [0, 0.05) is 17.7 Å². The Bertz CT molecular complexity index is 1820. The van der Waals surface area contributed by atoms with Crippen LogP contribution in [-0.2, 0) is 16.1 Å². The van der Waals surface area contributed by atoms with E-state index in [1.165, 1.54) is 40.9 Å². The van der Waals surface area contributed by atoms with Gasteiger partial charge < -0.3 is 5.32 Å².